The largest absolute Gasteiger partial charge is 0.467 e. The van der Waals surface area contributed by atoms with Gasteiger partial charge in [0, 0.05) is 25.0 Å². The number of nitrogens with zero attached hydrogens (tertiary/aromatic N) is 1. The zero-order valence-electron chi connectivity index (χ0n) is 23.6. The quantitative estimate of drug-likeness (QED) is 0.404. The van der Waals surface area contributed by atoms with E-state index in [1.165, 1.54) is 19.2 Å². The Morgan fingerprint density at radius 1 is 1.11 bits per heavy atom. The van der Waals surface area contributed by atoms with E-state index in [0.717, 1.165) is 0 Å². The van der Waals surface area contributed by atoms with Crippen LogP contribution < -0.4 is 15.4 Å². The van der Waals surface area contributed by atoms with E-state index in [-0.39, 0.29) is 40.5 Å². The number of nitrogens with one attached hydrogen (secondary N) is 3. The van der Waals surface area contributed by atoms with Crippen LogP contribution in [-0.2, 0) is 24.3 Å². The Bertz CT molecular complexity index is 1150. The molecule has 0 aromatic heterocycles. The van der Waals surface area contributed by atoms with Crippen LogP contribution in [-0.4, -0.2) is 69.6 Å². The Labute approximate surface area is 226 Å². The molecule has 1 heterocycles. The summed E-state index contributed by atoms with van der Waals surface area (Å²) in [7, 11) is -2.43. The van der Waals surface area contributed by atoms with E-state index in [2.05, 4.69) is 29.2 Å². The summed E-state index contributed by atoms with van der Waals surface area (Å²) in [5, 5.41) is 5.63. The molecule has 3 amide bonds. The van der Waals surface area contributed by atoms with E-state index in [1.54, 1.807) is 23.1 Å². The van der Waals surface area contributed by atoms with Gasteiger partial charge < -0.3 is 20.3 Å². The van der Waals surface area contributed by atoms with E-state index in [1.807, 2.05) is 34.6 Å². The third-order valence-electron chi connectivity index (χ3n) is 7.99. The fraction of sp³-hybridized carbons (Fsp3) is 0.667. The molecule has 3 rings (SSSR count). The minimum Gasteiger partial charge on any atom is -0.467 e. The van der Waals surface area contributed by atoms with E-state index >= 15 is 0 Å². The maximum atomic E-state index is 13.8. The highest BCUT2D eigenvalue weighted by Crippen LogP contribution is 2.65. The molecule has 1 aliphatic heterocycles. The number of likely N-dealkylation sites (tertiary alicyclic amines) is 1. The van der Waals surface area contributed by atoms with Gasteiger partial charge in [0.2, 0.25) is 15.9 Å². The summed E-state index contributed by atoms with van der Waals surface area (Å²) in [6.45, 7) is 13.9. The van der Waals surface area contributed by atoms with Crippen LogP contribution in [0.3, 0.4) is 0 Å². The molecule has 1 saturated carbocycles. The molecule has 1 saturated heterocycles. The highest BCUT2D eigenvalue weighted by atomic mass is 32.2. The second-order valence-electron chi connectivity index (χ2n) is 12.3. The smallest absolute Gasteiger partial charge is 0.328 e. The van der Waals surface area contributed by atoms with Crippen LogP contribution in [0.4, 0.5) is 4.79 Å². The lowest BCUT2D eigenvalue weighted by molar-refractivity contribution is -0.154. The third kappa shape index (κ3) is 6.14. The summed E-state index contributed by atoms with van der Waals surface area (Å²) < 4.78 is 32.9. The maximum Gasteiger partial charge on any atom is 0.328 e. The highest BCUT2D eigenvalue weighted by molar-refractivity contribution is 7.89. The Hall–Kier alpha value is -2.66. The first-order valence-electron chi connectivity index (χ1n) is 13.0. The van der Waals surface area contributed by atoms with Gasteiger partial charge >= 0.3 is 12.0 Å². The second kappa shape index (κ2) is 10.8. The number of piperidine rings is 1. The molecule has 0 radical (unpaired) electrons. The molecule has 5 atom stereocenters. The first kappa shape index (κ1) is 29.9. The third-order valence-corrected chi connectivity index (χ3v) is 9.43. The molecule has 3 N–H and O–H groups in total. The Morgan fingerprint density at radius 3 is 2.24 bits per heavy atom. The molecule has 212 valence electrons. The van der Waals surface area contributed by atoms with Crippen molar-refractivity contribution in [3.63, 3.8) is 0 Å². The number of carbonyl (C=O) groups is 3. The normalized spacial score (nSPS) is 23.8. The minimum absolute atomic E-state index is 0.0224. The second-order valence-corrected chi connectivity index (χ2v) is 14.1. The van der Waals surface area contributed by atoms with Gasteiger partial charge in [0.05, 0.1) is 12.0 Å². The van der Waals surface area contributed by atoms with Gasteiger partial charge in [-0.2, -0.15) is 0 Å². The molecule has 2 fully saturated rings. The van der Waals surface area contributed by atoms with E-state index in [0.29, 0.717) is 6.54 Å². The molecule has 1 aromatic carbocycles. The number of benzene rings is 1. The van der Waals surface area contributed by atoms with Gasteiger partial charge in [-0.15, -0.1) is 0 Å². The SMILES string of the molecule is COC(=O)[C@@H]1[C@@H]2[C@H](CN1C(=O)[C@@H](NC(=O)N[C@H](CNS(=O)(=O)c1ccccc1)C(C)C)C(C)(C)C)C2(C)C. The summed E-state index contributed by atoms with van der Waals surface area (Å²) in [4.78, 5) is 41.2. The number of amides is 3. The summed E-state index contributed by atoms with van der Waals surface area (Å²) in [5.41, 5.74) is -0.700. The molecule has 0 bridgehead atoms. The van der Waals surface area contributed by atoms with Crippen LogP contribution in [0.5, 0.6) is 0 Å². The first-order valence-corrected chi connectivity index (χ1v) is 14.5. The van der Waals surface area contributed by atoms with Crippen molar-refractivity contribution in [1.29, 1.82) is 0 Å². The van der Waals surface area contributed by atoms with Crippen molar-refractivity contribution in [1.82, 2.24) is 20.3 Å². The molecule has 1 aromatic rings. The number of hydrogen-bond acceptors (Lipinski definition) is 6. The monoisotopic (exact) mass is 550 g/mol. The predicted octanol–water partition coefficient (Wildman–Crippen LogP) is 2.36. The molecule has 11 heteroatoms. The standard InChI is InChI=1S/C27H42N4O6S/c1-16(2)19(14-28-38(35,36)17-12-10-9-11-13-17)29-25(34)30-22(26(3,4)5)23(32)31-15-18-20(27(18,6)7)21(31)24(33)37-8/h9-13,16,18-22,28H,14-15H2,1-8H3,(H2,29,30,34)/t18-,19+,20-,21-,22+/m0/s1. The van der Waals surface area contributed by atoms with E-state index in [4.69, 9.17) is 4.74 Å². The van der Waals surface area contributed by atoms with Crippen molar-refractivity contribution in [3.05, 3.63) is 30.3 Å². The van der Waals surface area contributed by atoms with Crippen LogP contribution in [0.25, 0.3) is 0 Å². The molecule has 1 aliphatic carbocycles. The van der Waals surface area contributed by atoms with Crippen LogP contribution in [0.1, 0.15) is 48.5 Å². The lowest BCUT2D eigenvalue weighted by Crippen LogP contribution is -2.61. The predicted molar refractivity (Wildman–Crippen MR) is 143 cm³/mol. The Morgan fingerprint density at radius 2 is 1.71 bits per heavy atom. The van der Waals surface area contributed by atoms with Crippen LogP contribution >= 0.6 is 0 Å². The van der Waals surface area contributed by atoms with Crippen molar-refractivity contribution in [2.24, 2.45) is 28.6 Å². The summed E-state index contributed by atoms with van der Waals surface area (Å²) in [6, 6.07) is 5.28. The lowest BCUT2D eigenvalue weighted by Gasteiger charge is -2.37. The van der Waals surface area contributed by atoms with Crippen LogP contribution in [0.2, 0.25) is 0 Å². The van der Waals surface area contributed by atoms with Gasteiger partial charge in [-0.1, -0.05) is 66.7 Å². The zero-order valence-corrected chi connectivity index (χ0v) is 24.4. The van der Waals surface area contributed by atoms with Crippen molar-refractivity contribution in [2.45, 2.75) is 71.5 Å². The van der Waals surface area contributed by atoms with Gasteiger partial charge in [-0.3, -0.25) is 4.79 Å². The maximum absolute atomic E-state index is 13.8. The summed E-state index contributed by atoms with van der Waals surface area (Å²) in [5.74, 6) is -0.653. The van der Waals surface area contributed by atoms with Crippen LogP contribution in [0, 0.1) is 28.6 Å². The van der Waals surface area contributed by atoms with Gasteiger partial charge in [0.1, 0.15) is 12.1 Å². The molecule has 38 heavy (non-hydrogen) atoms. The summed E-state index contributed by atoms with van der Waals surface area (Å²) in [6.07, 6.45) is 0. The molecular weight excluding hydrogens is 508 g/mol. The Balaban J connectivity index is 1.70. The number of esters is 1. The van der Waals surface area contributed by atoms with Crippen molar-refractivity contribution >= 4 is 27.9 Å². The van der Waals surface area contributed by atoms with Gasteiger partial charge in [0.15, 0.2) is 0 Å². The number of carbonyl (C=O) groups excluding carboxylic acids is 3. The van der Waals surface area contributed by atoms with Gasteiger partial charge in [-0.05, 0) is 34.8 Å². The topological polar surface area (TPSA) is 134 Å². The average molecular weight is 551 g/mol. The number of methoxy groups -OCH3 is 1. The number of fused-ring (bicyclic) bond motifs is 1. The molecule has 0 spiro atoms. The molecule has 2 aliphatic rings. The first-order chi connectivity index (χ1) is 17.5. The number of urea groups is 1. The van der Waals surface area contributed by atoms with Crippen molar-refractivity contribution in [2.75, 3.05) is 20.2 Å². The van der Waals surface area contributed by atoms with Gasteiger partial charge in [0.25, 0.3) is 0 Å². The van der Waals surface area contributed by atoms with Crippen LogP contribution in [0.15, 0.2) is 35.2 Å². The highest BCUT2D eigenvalue weighted by Gasteiger charge is 2.70. The molecule has 10 nitrogen and oxygen atoms in total. The van der Waals surface area contributed by atoms with E-state index in [9.17, 15) is 22.8 Å². The van der Waals surface area contributed by atoms with Crippen molar-refractivity contribution in [3.8, 4) is 0 Å². The van der Waals surface area contributed by atoms with Gasteiger partial charge in [-0.25, -0.2) is 22.7 Å². The number of rotatable bonds is 9. The zero-order chi connectivity index (χ0) is 28.6. The lowest BCUT2D eigenvalue weighted by atomic mass is 9.85. The average Bonchev–Trinajstić information content (AvgIpc) is 3.17. The fourth-order valence-corrected chi connectivity index (χ4v) is 6.48. The number of hydrogen-bond donors (Lipinski definition) is 3. The fourth-order valence-electron chi connectivity index (χ4n) is 5.39. The van der Waals surface area contributed by atoms with Crippen molar-refractivity contribution < 1.29 is 27.5 Å². The Kier molecular flexibility index (Phi) is 8.53. The minimum atomic E-state index is -3.75. The molecular formula is C27H42N4O6S. The molecule has 0 unspecified atom stereocenters. The number of sulfonamides is 1. The summed E-state index contributed by atoms with van der Waals surface area (Å²) >= 11 is 0. The number of ether oxygens (including phenoxy) is 1. The van der Waals surface area contributed by atoms with E-state index < -0.39 is 45.6 Å².